The molecule has 0 atom stereocenters. The van der Waals surface area contributed by atoms with E-state index in [-0.39, 0.29) is 0 Å². The van der Waals surface area contributed by atoms with Gasteiger partial charge in [0.15, 0.2) is 0 Å². The molecule has 0 fully saturated rings. The van der Waals surface area contributed by atoms with Gasteiger partial charge in [-0.2, -0.15) is 0 Å². The summed E-state index contributed by atoms with van der Waals surface area (Å²) in [4.78, 5) is 4.43. The van der Waals surface area contributed by atoms with E-state index in [0.717, 1.165) is 29.5 Å². The minimum absolute atomic E-state index is 0.754. The number of nitrogens with two attached hydrogens (primary N) is 1. The van der Waals surface area contributed by atoms with Crippen molar-refractivity contribution in [2.24, 2.45) is 5.92 Å². The van der Waals surface area contributed by atoms with Gasteiger partial charge < -0.3 is 10.3 Å². The van der Waals surface area contributed by atoms with Crippen LogP contribution in [0.2, 0.25) is 0 Å². The van der Waals surface area contributed by atoms with Crippen molar-refractivity contribution in [3.8, 4) is 11.4 Å². The number of hydrogen-bond donors (Lipinski definition) is 1. The number of hydrogen-bond acceptors (Lipinski definition) is 2. The summed E-state index contributed by atoms with van der Waals surface area (Å²) in [5.41, 5.74) is 7.69. The second kappa shape index (κ2) is 5.71. The SMILES string of the molecule is CC(C)CCCn1ccnc1-c1cccc(N)c1. The maximum atomic E-state index is 5.82. The molecule has 0 aliphatic carbocycles. The van der Waals surface area contributed by atoms with Gasteiger partial charge in [-0.15, -0.1) is 0 Å². The number of benzene rings is 1. The molecule has 0 aliphatic heterocycles. The molecule has 1 aromatic heterocycles. The molecule has 1 heterocycles. The van der Waals surface area contributed by atoms with E-state index in [1.54, 1.807) is 0 Å². The van der Waals surface area contributed by atoms with E-state index in [1.807, 2.05) is 30.6 Å². The molecule has 3 heteroatoms. The van der Waals surface area contributed by atoms with Crippen molar-refractivity contribution in [3.05, 3.63) is 36.7 Å². The zero-order valence-corrected chi connectivity index (χ0v) is 11.1. The monoisotopic (exact) mass is 243 g/mol. The lowest BCUT2D eigenvalue weighted by Gasteiger charge is -2.09. The van der Waals surface area contributed by atoms with Crippen LogP contribution in [0.3, 0.4) is 0 Å². The third-order valence-electron chi connectivity index (χ3n) is 3.04. The van der Waals surface area contributed by atoms with Gasteiger partial charge >= 0.3 is 0 Å². The third kappa shape index (κ3) is 3.13. The number of rotatable bonds is 5. The Hall–Kier alpha value is -1.77. The van der Waals surface area contributed by atoms with Crippen LogP contribution in [0.4, 0.5) is 5.69 Å². The molecule has 96 valence electrons. The summed E-state index contributed by atoms with van der Waals surface area (Å²) >= 11 is 0. The molecule has 2 aromatic rings. The summed E-state index contributed by atoms with van der Waals surface area (Å²) in [5.74, 6) is 1.76. The zero-order valence-electron chi connectivity index (χ0n) is 11.1. The van der Waals surface area contributed by atoms with E-state index >= 15 is 0 Å². The van der Waals surface area contributed by atoms with Crippen molar-refractivity contribution in [3.63, 3.8) is 0 Å². The van der Waals surface area contributed by atoms with E-state index in [2.05, 4.69) is 29.5 Å². The van der Waals surface area contributed by atoms with Crippen LogP contribution in [-0.2, 0) is 6.54 Å². The van der Waals surface area contributed by atoms with Crippen molar-refractivity contribution in [2.75, 3.05) is 5.73 Å². The predicted octanol–water partition coefficient (Wildman–Crippen LogP) is 3.57. The fourth-order valence-corrected chi connectivity index (χ4v) is 2.10. The first-order valence-corrected chi connectivity index (χ1v) is 6.54. The van der Waals surface area contributed by atoms with Gasteiger partial charge in [-0.1, -0.05) is 26.0 Å². The van der Waals surface area contributed by atoms with E-state index in [1.165, 1.54) is 12.8 Å². The maximum Gasteiger partial charge on any atom is 0.139 e. The van der Waals surface area contributed by atoms with Gasteiger partial charge in [0, 0.05) is 30.2 Å². The lowest BCUT2D eigenvalue weighted by molar-refractivity contribution is 0.514. The molecule has 18 heavy (non-hydrogen) atoms. The Kier molecular flexibility index (Phi) is 4.03. The van der Waals surface area contributed by atoms with Crippen LogP contribution in [0, 0.1) is 5.92 Å². The second-order valence-electron chi connectivity index (χ2n) is 5.11. The van der Waals surface area contributed by atoms with Gasteiger partial charge in [-0.3, -0.25) is 0 Å². The molecule has 2 rings (SSSR count). The summed E-state index contributed by atoms with van der Waals surface area (Å²) in [5, 5.41) is 0. The first-order chi connectivity index (χ1) is 8.66. The highest BCUT2D eigenvalue weighted by Gasteiger charge is 2.06. The molecule has 1 aromatic carbocycles. The van der Waals surface area contributed by atoms with E-state index < -0.39 is 0 Å². The van der Waals surface area contributed by atoms with Crippen LogP contribution in [0.5, 0.6) is 0 Å². The van der Waals surface area contributed by atoms with E-state index in [0.29, 0.717) is 0 Å². The van der Waals surface area contributed by atoms with Gasteiger partial charge in [0.25, 0.3) is 0 Å². The smallest absolute Gasteiger partial charge is 0.139 e. The summed E-state index contributed by atoms with van der Waals surface area (Å²) in [6.07, 6.45) is 6.32. The number of aromatic nitrogens is 2. The van der Waals surface area contributed by atoms with Gasteiger partial charge in [0.2, 0.25) is 0 Å². The van der Waals surface area contributed by atoms with Gasteiger partial charge in [-0.05, 0) is 30.9 Å². The molecule has 0 radical (unpaired) electrons. The van der Waals surface area contributed by atoms with Crippen molar-refractivity contribution >= 4 is 5.69 Å². The number of nitrogen functional groups attached to an aromatic ring is 1. The van der Waals surface area contributed by atoms with E-state index in [9.17, 15) is 0 Å². The molecular formula is C15H21N3. The molecule has 0 spiro atoms. The Morgan fingerprint density at radius 2 is 2.17 bits per heavy atom. The van der Waals surface area contributed by atoms with Crippen LogP contribution in [0.15, 0.2) is 36.7 Å². The van der Waals surface area contributed by atoms with Gasteiger partial charge in [0.1, 0.15) is 5.82 Å². The zero-order chi connectivity index (χ0) is 13.0. The summed E-state index contributed by atoms with van der Waals surface area (Å²) in [6.45, 7) is 5.53. The van der Waals surface area contributed by atoms with E-state index in [4.69, 9.17) is 5.73 Å². The van der Waals surface area contributed by atoms with Gasteiger partial charge in [0.05, 0.1) is 0 Å². The first-order valence-electron chi connectivity index (χ1n) is 6.54. The average molecular weight is 243 g/mol. The van der Waals surface area contributed by atoms with Crippen molar-refractivity contribution in [1.82, 2.24) is 9.55 Å². The van der Waals surface area contributed by atoms with Crippen LogP contribution in [-0.4, -0.2) is 9.55 Å². The van der Waals surface area contributed by atoms with Crippen LogP contribution in [0.1, 0.15) is 26.7 Å². The minimum atomic E-state index is 0.754. The number of anilines is 1. The predicted molar refractivity (Wildman–Crippen MR) is 76.1 cm³/mol. The maximum absolute atomic E-state index is 5.82. The molecule has 0 unspecified atom stereocenters. The number of imidazole rings is 1. The minimum Gasteiger partial charge on any atom is -0.399 e. The largest absolute Gasteiger partial charge is 0.399 e. The third-order valence-corrected chi connectivity index (χ3v) is 3.04. The standard InChI is InChI=1S/C15H21N3/c1-12(2)5-4-9-18-10-8-17-15(18)13-6-3-7-14(16)11-13/h3,6-8,10-12H,4-5,9,16H2,1-2H3. The summed E-state index contributed by atoms with van der Waals surface area (Å²) < 4.78 is 2.21. The molecule has 2 N–H and O–H groups in total. The van der Waals surface area contributed by atoms with Crippen LogP contribution < -0.4 is 5.73 Å². The van der Waals surface area contributed by atoms with Gasteiger partial charge in [-0.25, -0.2) is 4.98 Å². The molecular weight excluding hydrogens is 222 g/mol. The molecule has 0 bridgehead atoms. The summed E-state index contributed by atoms with van der Waals surface area (Å²) in [7, 11) is 0. The first kappa shape index (κ1) is 12.7. The fourth-order valence-electron chi connectivity index (χ4n) is 2.10. The average Bonchev–Trinajstić information content (AvgIpc) is 2.77. The topological polar surface area (TPSA) is 43.8 Å². The number of aryl methyl sites for hydroxylation is 1. The normalized spacial score (nSPS) is 11.1. The molecule has 0 saturated carbocycles. The lowest BCUT2D eigenvalue weighted by Crippen LogP contribution is -2.01. The highest BCUT2D eigenvalue weighted by Crippen LogP contribution is 2.20. The fraction of sp³-hybridized carbons (Fsp3) is 0.400. The second-order valence-corrected chi connectivity index (χ2v) is 5.11. The van der Waals surface area contributed by atoms with Crippen LogP contribution >= 0.6 is 0 Å². The van der Waals surface area contributed by atoms with Crippen LogP contribution in [0.25, 0.3) is 11.4 Å². The number of nitrogens with zero attached hydrogens (tertiary/aromatic N) is 2. The Bertz CT molecular complexity index is 500. The Morgan fingerprint density at radius 3 is 2.89 bits per heavy atom. The quantitative estimate of drug-likeness (QED) is 0.816. The van der Waals surface area contributed by atoms with Crippen molar-refractivity contribution < 1.29 is 0 Å². The van der Waals surface area contributed by atoms with Crippen molar-refractivity contribution in [1.29, 1.82) is 0 Å². The summed E-state index contributed by atoms with van der Waals surface area (Å²) in [6, 6.07) is 7.90. The highest BCUT2D eigenvalue weighted by atomic mass is 15.1. The Labute approximate surface area is 109 Å². The van der Waals surface area contributed by atoms with Crippen molar-refractivity contribution in [2.45, 2.75) is 33.2 Å². The lowest BCUT2D eigenvalue weighted by atomic mass is 10.1. The Morgan fingerprint density at radius 1 is 1.33 bits per heavy atom. The molecule has 0 saturated heterocycles. The molecule has 3 nitrogen and oxygen atoms in total. The highest BCUT2D eigenvalue weighted by molar-refractivity contribution is 5.61. The Balaban J connectivity index is 2.12. The molecule has 0 aliphatic rings. The molecule has 0 amide bonds.